The summed E-state index contributed by atoms with van der Waals surface area (Å²) in [6.07, 6.45) is 3.04. The van der Waals surface area contributed by atoms with Gasteiger partial charge in [-0.3, -0.25) is 19.6 Å². The van der Waals surface area contributed by atoms with E-state index in [2.05, 4.69) is 15.6 Å². The van der Waals surface area contributed by atoms with Crippen molar-refractivity contribution in [1.29, 1.82) is 0 Å². The molecule has 0 fully saturated rings. The molecule has 2 aromatic carbocycles. The summed E-state index contributed by atoms with van der Waals surface area (Å²) in [5.41, 5.74) is 4.00. The van der Waals surface area contributed by atoms with E-state index in [1.54, 1.807) is 41.2 Å². The summed E-state index contributed by atoms with van der Waals surface area (Å²) in [7, 11) is 1.44. The second-order valence-electron chi connectivity index (χ2n) is 5.95. The Balaban J connectivity index is 1.59. The predicted molar refractivity (Wildman–Crippen MR) is 104 cm³/mol. The Hall–Kier alpha value is -4.21. The first-order chi connectivity index (χ1) is 14.0. The Bertz CT molecular complexity index is 1060. The van der Waals surface area contributed by atoms with Gasteiger partial charge in [-0.15, -0.1) is 0 Å². The minimum atomic E-state index is -0.491. The molecule has 0 saturated carbocycles. The van der Waals surface area contributed by atoms with Crippen molar-refractivity contribution < 1.29 is 19.6 Å². The summed E-state index contributed by atoms with van der Waals surface area (Å²) in [5.74, 6) is -0.188. The molecule has 1 amide bonds. The van der Waals surface area contributed by atoms with Crippen molar-refractivity contribution in [3.8, 4) is 11.5 Å². The number of hydrogen-bond acceptors (Lipinski definition) is 7. The van der Waals surface area contributed by atoms with Gasteiger partial charge < -0.3 is 9.84 Å². The first kappa shape index (κ1) is 19.5. The number of hydrogen-bond donors (Lipinski definition) is 2. The number of benzene rings is 2. The molecule has 0 spiro atoms. The van der Waals surface area contributed by atoms with Crippen molar-refractivity contribution in [3.05, 3.63) is 81.7 Å². The third-order valence-electron chi connectivity index (χ3n) is 3.95. The zero-order valence-electron chi connectivity index (χ0n) is 15.3. The topological polar surface area (TPSA) is 132 Å². The lowest BCUT2D eigenvalue weighted by molar-refractivity contribution is -0.384. The lowest BCUT2D eigenvalue weighted by Gasteiger charge is -2.03. The van der Waals surface area contributed by atoms with Crippen LogP contribution in [-0.2, 0) is 6.54 Å². The summed E-state index contributed by atoms with van der Waals surface area (Å²) in [5, 5.41) is 28.3. The molecule has 1 aromatic heterocycles. The first-order valence-electron chi connectivity index (χ1n) is 8.43. The summed E-state index contributed by atoms with van der Waals surface area (Å²) >= 11 is 0. The van der Waals surface area contributed by atoms with Crippen molar-refractivity contribution in [2.45, 2.75) is 6.54 Å². The molecule has 0 aliphatic carbocycles. The molecule has 0 aliphatic rings. The number of aromatic hydroxyl groups is 1. The number of amides is 1. The molecule has 2 N–H and O–H groups in total. The fourth-order valence-corrected chi connectivity index (χ4v) is 2.48. The van der Waals surface area contributed by atoms with Gasteiger partial charge in [0.1, 0.15) is 0 Å². The molecular weight excluding hydrogens is 378 g/mol. The number of nitro groups is 1. The maximum Gasteiger partial charge on any atom is 0.291 e. The highest BCUT2D eigenvalue weighted by Gasteiger charge is 2.10. The van der Waals surface area contributed by atoms with Crippen LogP contribution in [0.5, 0.6) is 11.5 Å². The van der Waals surface area contributed by atoms with Crippen LogP contribution in [-0.4, -0.2) is 39.0 Å². The fraction of sp³-hybridized carbons (Fsp3) is 0.105. The monoisotopic (exact) mass is 395 g/mol. The second-order valence-corrected chi connectivity index (χ2v) is 5.95. The standard InChI is InChI=1S/C19H17N5O5/c1-29-18-10-14(4-7-17(18)25)11-20-21-19(26)16-8-9-23(22-16)12-13-2-5-15(6-3-13)24(27)28/h2-11,25H,12H2,1H3,(H,21,26)/b20-11-. The Morgan fingerprint density at radius 2 is 2.07 bits per heavy atom. The third-order valence-corrected chi connectivity index (χ3v) is 3.95. The van der Waals surface area contributed by atoms with Gasteiger partial charge in [-0.25, -0.2) is 5.43 Å². The molecule has 10 nitrogen and oxygen atoms in total. The zero-order valence-corrected chi connectivity index (χ0v) is 15.3. The highest BCUT2D eigenvalue weighted by Crippen LogP contribution is 2.25. The number of non-ortho nitro benzene ring substituents is 1. The summed E-state index contributed by atoms with van der Waals surface area (Å²) in [6.45, 7) is 0.363. The normalized spacial score (nSPS) is 10.8. The molecule has 148 valence electrons. The van der Waals surface area contributed by atoms with Crippen LogP contribution in [0.1, 0.15) is 21.6 Å². The van der Waals surface area contributed by atoms with Crippen LogP contribution in [0.3, 0.4) is 0 Å². The fourth-order valence-electron chi connectivity index (χ4n) is 2.48. The minimum Gasteiger partial charge on any atom is -0.504 e. The highest BCUT2D eigenvalue weighted by molar-refractivity contribution is 5.93. The Labute approximate surface area is 165 Å². The molecule has 3 rings (SSSR count). The van der Waals surface area contributed by atoms with Gasteiger partial charge in [0.25, 0.3) is 11.6 Å². The number of hydrazone groups is 1. The van der Waals surface area contributed by atoms with Gasteiger partial charge in [0.05, 0.1) is 24.8 Å². The van der Waals surface area contributed by atoms with Gasteiger partial charge in [-0.2, -0.15) is 10.2 Å². The highest BCUT2D eigenvalue weighted by atomic mass is 16.6. The van der Waals surface area contributed by atoms with E-state index in [9.17, 15) is 20.0 Å². The van der Waals surface area contributed by atoms with Crippen LogP contribution < -0.4 is 10.2 Å². The molecule has 0 unspecified atom stereocenters. The van der Waals surface area contributed by atoms with E-state index in [-0.39, 0.29) is 17.1 Å². The molecule has 1 heterocycles. The van der Waals surface area contributed by atoms with Crippen LogP contribution >= 0.6 is 0 Å². The van der Waals surface area contributed by atoms with Crippen molar-refractivity contribution >= 4 is 17.8 Å². The second kappa shape index (κ2) is 8.65. The van der Waals surface area contributed by atoms with Crippen LogP contribution in [0.15, 0.2) is 59.8 Å². The number of phenols is 1. The SMILES string of the molecule is COc1cc(/C=N\NC(=O)c2ccn(Cc3ccc([N+](=O)[O-])cc3)n2)ccc1O. The van der Waals surface area contributed by atoms with E-state index in [1.807, 2.05) is 0 Å². The predicted octanol–water partition coefficient (Wildman–Crippen LogP) is 2.32. The molecule has 0 radical (unpaired) electrons. The number of carbonyl (C=O) groups is 1. The zero-order chi connectivity index (χ0) is 20.8. The average Bonchev–Trinajstić information content (AvgIpc) is 3.18. The number of nitrogens with zero attached hydrogens (tertiary/aromatic N) is 4. The minimum absolute atomic E-state index is 0.00671. The number of nitrogens with one attached hydrogen (secondary N) is 1. The van der Waals surface area contributed by atoms with E-state index >= 15 is 0 Å². The maximum atomic E-state index is 12.2. The van der Waals surface area contributed by atoms with Crippen LogP contribution in [0.25, 0.3) is 0 Å². The smallest absolute Gasteiger partial charge is 0.291 e. The number of rotatable bonds is 7. The number of ether oxygens (including phenoxy) is 1. The van der Waals surface area contributed by atoms with E-state index in [1.165, 1.54) is 31.5 Å². The van der Waals surface area contributed by atoms with Gasteiger partial charge in [0.15, 0.2) is 17.2 Å². The third kappa shape index (κ3) is 4.95. The van der Waals surface area contributed by atoms with Crippen molar-refractivity contribution in [3.63, 3.8) is 0 Å². The molecule has 10 heteroatoms. The molecule has 0 bridgehead atoms. The number of methoxy groups -OCH3 is 1. The average molecular weight is 395 g/mol. The Morgan fingerprint density at radius 1 is 1.31 bits per heavy atom. The molecule has 0 aliphatic heterocycles. The number of phenolic OH excluding ortho intramolecular Hbond substituents is 1. The lowest BCUT2D eigenvalue weighted by atomic mass is 10.2. The van der Waals surface area contributed by atoms with Gasteiger partial charge in [-0.05, 0) is 35.4 Å². The number of carbonyl (C=O) groups excluding carboxylic acids is 1. The van der Waals surface area contributed by atoms with Crippen molar-refractivity contribution in [2.75, 3.05) is 7.11 Å². The van der Waals surface area contributed by atoms with Crippen LogP contribution in [0.2, 0.25) is 0 Å². The Kier molecular flexibility index (Phi) is 5.83. The van der Waals surface area contributed by atoms with E-state index in [4.69, 9.17) is 4.74 Å². The largest absolute Gasteiger partial charge is 0.504 e. The summed E-state index contributed by atoms with van der Waals surface area (Å²) < 4.78 is 6.55. The summed E-state index contributed by atoms with van der Waals surface area (Å²) in [4.78, 5) is 22.4. The Morgan fingerprint density at radius 3 is 2.76 bits per heavy atom. The van der Waals surface area contributed by atoms with Gasteiger partial charge >= 0.3 is 0 Å². The van der Waals surface area contributed by atoms with E-state index < -0.39 is 10.8 Å². The number of aromatic nitrogens is 2. The first-order valence-corrected chi connectivity index (χ1v) is 8.43. The molecule has 0 atom stereocenters. The lowest BCUT2D eigenvalue weighted by Crippen LogP contribution is -2.18. The molecule has 29 heavy (non-hydrogen) atoms. The van der Waals surface area contributed by atoms with Crippen LogP contribution in [0.4, 0.5) is 5.69 Å². The number of nitro benzene ring substituents is 1. The maximum absolute atomic E-state index is 12.2. The van der Waals surface area contributed by atoms with Crippen LogP contribution in [0, 0.1) is 10.1 Å². The molecular formula is C19H17N5O5. The van der Waals surface area contributed by atoms with Crippen molar-refractivity contribution in [1.82, 2.24) is 15.2 Å². The van der Waals surface area contributed by atoms with Gasteiger partial charge in [-0.1, -0.05) is 12.1 Å². The quantitative estimate of drug-likeness (QED) is 0.358. The molecule has 3 aromatic rings. The van der Waals surface area contributed by atoms with E-state index in [0.29, 0.717) is 17.9 Å². The summed E-state index contributed by atoms with van der Waals surface area (Å²) in [6, 6.07) is 12.3. The van der Waals surface area contributed by atoms with Crippen molar-refractivity contribution in [2.24, 2.45) is 5.10 Å². The van der Waals surface area contributed by atoms with Gasteiger partial charge in [0.2, 0.25) is 0 Å². The van der Waals surface area contributed by atoms with E-state index in [0.717, 1.165) is 5.56 Å². The van der Waals surface area contributed by atoms with Gasteiger partial charge in [0, 0.05) is 18.3 Å². The molecule has 0 saturated heterocycles.